The summed E-state index contributed by atoms with van der Waals surface area (Å²) in [5.41, 5.74) is 8.37. The normalized spacial score (nSPS) is 12.1. The Bertz CT molecular complexity index is 602. The van der Waals surface area contributed by atoms with E-state index in [0.717, 1.165) is 15.6 Å². The summed E-state index contributed by atoms with van der Waals surface area (Å²) in [6.45, 7) is 0. The van der Waals surface area contributed by atoms with Gasteiger partial charge < -0.3 is 15.2 Å². The molecule has 0 saturated carbocycles. The maximum absolute atomic E-state index is 6.35. The van der Waals surface area contributed by atoms with Crippen molar-refractivity contribution in [2.75, 3.05) is 14.2 Å². The van der Waals surface area contributed by atoms with Crippen LogP contribution in [0.2, 0.25) is 0 Å². The molecule has 20 heavy (non-hydrogen) atoms. The molecule has 0 amide bonds. The first kappa shape index (κ1) is 15.6. The van der Waals surface area contributed by atoms with E-state index in [0.29, 0.717) is 11.5 Å². The molecular weight excluding hydrogens is 433 g/mol. The van der Waals surface area contributed by atoms with Gasteiger partial charge in [0.25, 0.3) is 0 Å². The van der Waals surface area contributed by atoms with Gasteiger partial charge in [-0.1, -0.05) is 28.1 Å². The molecule has 1 atom stereocenters. The van der Waals surface area contributed by atoms with Gasteiger partial charge in [-0.05, 0) is 58.0 Å². The smallest absolute Gasteiger partial charge is 0.161 e. The average Bonchev–Trinajstić information content (AvgIpc) is 2.47. The first-order chi connectivity index (χ1) is 9.56. The molecule has 2 N–H and O–H groups in total. The minimum atomic E-state index is -0.221. The molecule has 0 aliphatic rings. The van der Waals surface area contributed by atoms with Crippen LogP contribution in [0.1, 0.15) is 17.2 Å². The molecule has 0 bridgehead atoms. The van der Waals surface area contributed by atoms with E-state index in [9.17, 15) is 0 Å². The Hall–Kier alpha value is -0.790. The highest BCUT2D eigenvalue weighted by Gasteiger charge is 2.16. The maximum atomic E-state index is 6.35. The summed E-state index contributed by atoms with van der Waals surface area (Å²) in [5, 5.41) is 0. The van der Waals surface area contributed by atoms with Crippen molar-refractivity contribution in [1.29, 1.82) is 0 Å². The summed E-state index contributed by atoms with van der Waals surface area (Å²) >= 11 is 5.82. The summed E-state index contributed by atoms with van der Waals surface area (Å²) in [4.78, 5) is 0. The van der Waals surface area contributed by atoms with Crippen LogP contribution in [0.5, 0.6) is 11.5 Å². The van der Waals surface area contributed by atoms with Crippen molar-refractivity contribution >= 4 is 38.5 Å². The quantitative estimate of drug-likeness (QED) is 0.717. The highest BCUT2D eigenvalue weighted by Crippen LogP contribution is 2.37. The van der Waals surface area contributed by atoms with Gasteiger partial charge >= 0.3 is 0 Å². The molecule has 3 nitrogen and oxygen atoms in total. The predicted molar refractivity (Wildman–Crippen MR) is 92.4 cm³/mol. The fraction of sp³-hybridized carbons (Fsp3) is 0.200. The molecule has 0 fully saturated rings. The Labute approximate surface area is 140 Å². The summed E-state index contributed by atoms with van der Waals surface area (Å²) in [5.74, 6) is 1.35. The van der Waals surface area contributed by atoms with Crippen LogP contribution in [0.3, 0.4) is 0 Å². The van der Waals surface area contributed by atoms with Gasteiger partial charge in [0.2, 0.25) is 0 Å². The van der Waals surface area contributed by atoms with E-state index < -0.39 is 0 Å². The number of hydrogen-bond acceptors (Lipinski definition) is 3. The highest BCUT2D eigenvalue weighted by atomic mass is 127. The molecule has 1 unspecified atom stereocenters. The van der Waals surface area contributed by atoms with Gasteiger partial charge in [0, 0.05) is 8.04 Å². The zero-order chi connectivity index (χ0) is 14.7. The molecule has 5 heteroatoms. The minimum absolute atomic E-state index is 0.221. The van der Waals surface area contributed by atoms with Crippen LogP contribution in [0.15, 0.2) is 40.9 Å². The Kier molecular flexibility index (Phi) is 5.29. The third-order valence-electron chi connectivity index (χ3n) is 3.07. The number of halogens is 2. The molecule has 0 saturated heterocycles. The van der Waals surface area contributed by atoms with Gasteiger partial charge in [-0.25, -0.2) is 0 Å². The molecule has 2 aromatic rings. The highest BCUT2D eigenvalue weighted by molar-refractivity contribution is 14.1. The summed E-state index contributed by atoms with van der Waals surface area (Å²) in [7, 11) is 3.23. The number of benzene rings is 2. The molecule has 0 aliphatic carbocycles. The van der Waals surface area contributed by atoms with Gasteiger partial charge in [0.05, 0.1) is 20.3 Å². The molecule has 0 aliphatic heterocycles. The van der Waals surface area contributed by atoms with Crippen molar-refractivity contribution in [2.45, 2.75) is 6.04 Å². The van der Waals surface area contributed by atoms with Crippen LogP contribution in [0.4, 0.5) is 0 Å². The van der Waals surface area contributed by atoms with Crippen LogP contribution in [-0.4, -0.2) is 14.2 Å². The third kappa shape index (κ3) is 3.27. The second-order valence-corrected chi connectivity index (χ2v) is 6.36. The number of hydrogen-bond donors (Lipinski definition) is 1. The Balaban J connectivity index is 2.43. The molecule has 2 rings (SSSR count). The minimum Gasteiger partial charge on any atom is -0.493 e. The molecule has 0 radical (unpaired) electrons. The van der Waals surface area contributed by atoms with E-state index in [1.54, 1.807) is 14.2 Å². The lowest BCUT2D eigenvalue weighted by Gasteiger charge is -2.17. The van der Waals surface area contributed by atoms with Crippen LogP contribution < -0.4 is 15.2 Å². The predicted octanol–water partition coefficient (Wildman–Crippen LogP) is 4.12. The van der Waals surface area contributed by atoms with Crippen molar-refractivity contribution in [3.8, 4) is 11.5 Å². The number of methoxy groups -OCH3 is 2. The van der Waals surface area contributed by atoms with Gasteiger partial charge in [0.15, 0.2) is 11.5 Å². The van der Waals surface area contributed by atoms with E-state index in [1.807, 2.05) is 36.4 Å². The van der Waals surface area contributed by atoms with E-state index in [-0.39, 0.29) is 6.04 Å². The van der Waals surface area contributed by atoms with Crippen LogP contribution in [-0.2, 0) is 0 Å². The van der Waals surface area contributed by atoms with Gasteiger partial charge in [-0.3, -0.25) is 0 Å². The Morgan fingerprint density at radius 3 is 2.15 bits per heavy atom. The molecule has 106 valence electrons. The molecule has 0 spiro atoms. The van der Waals surface area contributed by atoms with Crippen molar-refractivity contribution < 1.29 is 9.47 Å². The molecular formula is C15H15BrINO2. The van der Waals surface area contributed by atoms with Crippen molar-refractivity contribution in [1.82, 2.24) is 0 Å². The summed E-state index contributed by atoms with van der Waals surface area (Å²) < 4.78 is 12.7. The van der Waals surface area contributed by atoms with Gasteiger partial charge in [-0.2, -0.15) is 0 Å². The topological polar surface area (TPSA) is 44.5 Å². The standard InChI is InChI=1S/C15H15BrINO2/c1-19-13-7-11(12(16)8-14(13)20-2)15(18)9-3-5-10(17)6-4-9/h3-8,15H,18H2,1-2H3. The van der Waals surface area contributed by atoms with Crippen molar-refractivity contribution in [2.24, 2.45) is 5.73 Å². The van der Waals surface area contributed by atoms with Crippen LogP contribution >= 0.6 is 38.5 Å². The number of ether oxygens (including phenoxy) is 2. The zero-order valence-electron chi connectivity index (χ0n) is 11.2. The summed E-state index contributed by atoms with van der Waals surface area (Å²) in [6.07, 6.45) is 0. The maximum Gasteiger partial charge on any atom is 0.161 e. The number of rotatable bonds is 4. The second-order valence-electron chi connectivity index (χ2n) is 4.26. The lowest BCUT2D eigenvalue weighted by Crippen LogP contribution is -2.13. The second kappa shape index (κ2) is 6.78. The van der Waals surface area contributed by atoms with Gasteiger partial charge in [0.1, 0.15) is 0 Å². The zero-order valence-corrected chi connectivity index (χ0v) is 14.9. The lowest BCUT2D eigenvalue weighted by atomic mass is 9.99. The fourth-order valence-corrected chi connectivity index (χ4v) is 2.89. The average molecular weight is 448 g/mol. The SMILES string of the molecule is COc1cc(Br)c(C(N)c2ccc(I)cc2)cc1OC. The Morgan fingerprint density at radius 2 is 1.60 bits per heavy atom. The first-order valence-corrected chi connectivity index (χ1v) is 7.86. The number of nitrogens with two attached hydrogens (primary N) is 1. The monoisotopic (exact) mass is 447 g/mol. The molecule has 0 heterocycles. The van der Waals surface area contributed by atoms with E-state index in [2.05, 4.69) is 38.5 Å². The van der Waals surface area contributed by atoms with E-state index in [4.69, 9.17) is 15.2 Å². The molecule has 2 aromatic carbocycles. The first-order valence-electron chi connectivity index (χ1n) is 5.99. The van der Waals surface area contributed by atoms with Crippen molar-refractivity contribution in [3.05, 3.63) is 55.6 Å². The van der Waals surface area contributed by atoms with Crippen molar-refractivity contribution in [3.63, 3.8) is 0 Å². The lowest BCUT2D eigenvalue weighted by molar-refractivity contribution is 0.354. The summed E-state index contributed by atoms with van der Waals surface area (Å²) in [6, 6.07) is 11.7. The largest absolute Gasteiger partial charge is 0.493 e. The fourth-order valence-electron chi connectivity index (χ4n) is 1.96. The third-order valence-corrected chi connectivity index (χ3v) is 4.47. The van der Waals surface area contributed by atoms with E-state index >= 15 is 0 Å². The Morgan fingerprint density at radius 1 is 1.05 bits per heavy atom. The molecule has 0 aromatic heterocycles. The van der Waals surface area contributed by atoms with Crippen LogP contribution in [0.25, 0.3) is 0 Å². The van der Waals surface area contributed by atoms with Gasteiger partial charge in [-0.15, -0.1) is 0 Å². The van der Waals surface area contributed by atoms with E-state index in [1.165, 1.54) is 3.57 Å². The van der Waals surface area contributed by atoms with Crippen LogP contribution in [0, 0.1) is 3.57 Å².